The Kier molecular flexibility index (Phi) is 4.36. The van der Waals surface area contributed by atoms with E-state index < -0.39 is 0 Å². The van der Waals surface area contributed by atoms with Crippen molar-refractivity contribution in [2.24, 2.45) is 0 Å². The van der Waals surface area contributed by atoms with Crippen molar-refractivity contribution in [3.05, 3.63) is 42.1 Å². The zero-order valence-electron chi connectivity index (χ0n) is 16.1. The van der Waals surface area contributed by atoms with E-state index in [-0.39, 0.29) is 5.75 Å². The number of likely N-dealkylation sites (N-methyl/N-ethyl adjacent to an activating group) is 1. The molecule has 2 aliphatic rings. The number of hydrogen-bond acceptors (Lipinski definition) is 6. The number of aromatic hydroxyl groups is 1. The van der Waals surface area contributed by atoms with E-state index in [0.29, 0.717) is 23.3 Å². The number of benzene rings is 1. The fraction of sp³-hybridized carbons (Fsp3) is 0.409. The van der Waals surface area contributed by atoms with Gasteiger partial charge in [0.05, 0.1) is 0 Å². The van der Waals surface area contributed by atoms with Crippen LogP contribution in [0.1, 0.15) is 37.2 Å². The predicted octanol–water partition coefficient (Wildman–Crippen LogP) is 3.78. The van der Waals surface area contributed by atoms with Gasteiger partial charge in [0.2, 0.25) is 0 Å². The van der Waals surface area contributed by atoms with Gasteiger partial charge in [-0.25, -0.2) is 0 Å². The van der Waals surface area contributed by atoms with Gasteiger partial charge in [-0.2, -0.15) is 0 Å². The summed E-state index contributed by atoms with van der Waals surface area (Å²) in [5, 5.41) is 25.1. The summed E-state index contributed by atoms with van der Waals surface area (Å²) in [6.07, 6.45) is 6.54. The van der Waals surface area contributed by atoms with Gasteiger partial charge in [0.1, 0.15) is 17.1 Å². The molecule has 1 saturated heterocycles. The van der Waals surface area contributed by atoms with Crippen LogP contribution < -0.4 is 5.32 Å². The highest BCUT2D eigenvalue weighted by molar-refractivity contribution is 6.00. The van der Waals surface area contributed by atoms with Crippen molar-refractivity contribution in [1.82, 2.24) is 20.1 Å². The van der Waals surface area contributed by atoms with E-state index in [1.807, 2.05) is 30.5 Å². The number of nitrogens with one attached hydrogen (secondary N) is 1. The van der Waals surface area contributed by atoms with Gasteiger partial charge in [-0.1, -0.05) is 24.3 Å². The van der Waals surface area contributed by atoms with Gasteiger partial charge in [-0.3, -0.25) is 4.98 Å². The van der Waals surface area contributed by atoms with Crippen LogP contribution in [0.4, 0.5) is 5.82 Å². The summed E-state index contributed by atoms with van der Waals surface area (Å²) < 4.78 is 0. The van der Waals surface area contributed by atoms with E-state index in [1.165, 1.54) is 19.3 Å². The maximum Gasteiger partial charge on any atom is 0.156 e. The molecule has 1 aliphatic carbocycles. The molecule has 1 unspecified atom stereocenters. The summed E-state index contributed by atoms with van der Waals surface area (Å²) in [6, 6.07) is 10.3. The maximum atomic E-state index is 10.6. The van der Waals surface area contributed by atoms with Crippen LogP contribution in [-0.2, 0) is 0 Å². The minimum atomic E-state index is 0.179. The fourth-order valence-electron chi connectivity index (χ4n) is 4.15. The second-order valence-electron chi connectivity index (χ2n) is 8.10. The Bertz CT molecular complexity index is 1020. The highest BCUT2D eigenvalue weighted by Crippen LogP contribution is 2.42. The normalized spacial score (nSPS) is 20.4. The second kappa shape index (κ2) is 7.02. The van der Waals surface area contributed by atoms with Crippen molar-refractivity contribution in [3.63, 3.8) is 0 Å². The number of aromatic nitrogens is 3. The molecule has 1 aromatic carbocycles. The standard InChI is InChI=1S/C22H25N5O/c1-27-10-4-5-16(13-27)24-22-18-7-3-2-6-17(18)20(25-26-22)21-19(28)11-15(12-23-21)14-8-9-14/h2-3,6-7,11-12,14,16,28H,4-5,8-10,13H2,1H3,(H,24,26). The molecule has 2 aromatic heterocycles. The summed E-state index contributed by atoms with van der Waals surface area (Å²) in [5.41, 5.74) is 2.23. The molecular formula is C22H25N5O. The molecule has 1 saturated carbocycles. The van der Waals surface area contributed by atoms with Crippen LogP contribution in [0.3, 0.4) is 0 Å². The Hall–Kier alpha value is -2.73. The summed E-state index contributed by atoms with van der Waals surface area (Å²) >= 11 is 0. The van der Waals surface area contributed by atoms with Gasteiger partial charge < -0.3 is 15.3 Å². The SMILES string of the molecule is CN1CCCC(Nc2nnc(-c3ncc(C4CC4)cc3O)c3ccccc23)C1. The van der Waals surface area contributed by atoms with E-state index >= 15 is 0 Å². The predicted molar refractivity (Wildman–Crippen MR) is 111 cm³/mol. The first-order chi connectivity index (χ1) is 13.7. The van der Waals surface area contributed by atoms with Crippen LogP contribution in [0, 0.1) is 0 Å². The summed E-state index contributed by atoms with van der Waals surface area (Å²) in [4.78, 5) is 6.88. The molecule has 0 spiro atoms. The van der Waals surface area contributed by atoms with E-state index in [1.54, 1.807) is 0 Å². The lowest BCUT2D eigenvalue weighted by Crippen LogP contribution is -2.40. The molecule has 2 fully saturated rings. The Morgan fingerprint density at radius 1 is 1.07 bits per heavy atom. The van der Waals surface area contributed by atoms with Crippen molar-refractivity contribution < 1.29 is 5.11 Å². The number of pyridine rings is 1. The molecule has 3 heterocycles. The number of fused-ring (bicyclic) bond motifs is 1. The van der Waals surface area contributed by atoms with Gasteiger partial charge >= 0.3 is 0 Å². The van der Waals surface area contributed by atoms with Crippen LogP contribution >= 0.6 is 0 Å². The van der Waals surface area contributed by atoms with Crippen LogP contribution in [-0.4, -0.2) is 51.4 Å². The van der Waals surface area contributed by atoms with E-state index in [4.69, 9.17) is 0 Å². The van der Waals surface area contributed by atoms with Crippen molar-refractivity contribution >= 4 is 16.6 Å². The van der Waals surface area contributed by atoms with Crippen molar-refractivity contribution in [2.75, 3.05) is 25.5 Å². The lowest BCUT2D eigenvalue weighted by Gasteiger charge is -2.30. The molecule has 6 nitrogen and oxygen atoms in total. The van der Waals surface area contributed by atoms with Gasteiger partial charge in [-0.15, -0.1) is 10.2 Å². The van der Waals surface area contributed by atoms with E-state index in [2.05, 4.69) is 38.5 Å². The lowest BCUT2D eigenvalue weighted by molar-refractivity contribution is 0.261. The summed E-state index contributed by atoms with van der Waals surface area (Å²) in [7, 11) is 2.15. The third-order valence-corrected chi connectivity index (χ3v) is 5.81. The topological polar surface area (TPSA) is 74.2 Å². The number of rotatable bonds is 4. The van der Waals surface area contributed by atoms with Gasteiger partial charge in [0.25, 0.3) is 0 Å². The zero-order chi connectivity index (χ0) is 19.1. The molecule has 0 radical (unpaired) electrons. The molecule has 28 heavy (non-hydrogen) atoms. The smallest absolute Gasteiger partial charge is 0.156 e. The molecule has 2 N–H and O–H groups in total. The van der Waals surface area contributed by atoms with Crippen LogP contribution in [0.25, 0.3) is 22.2 Å². The highest BCUT2D eigenvalue weighted by atomic mass is 16.3. The molecule has 3 aromatic rings. The number of likely N-dealkylation sites (tertiary alicyclic amines) is 1. The fourth-order valence-corrected chi connectivity index (χ4v) is 4.15. The first kappa shape index (κ1) is 17.4. The Morgan fingerprint density at radius 3 is 2.64 bits per heavy atom. The Morgan fingerprint density at radius 2 is 1.89 bits per heavy atom. The average Bonchev–Trinajstić information content (AvgIpc) is 3.54. The minimum absolute atomic E-state index is 0.179. The quantitative estimate of drug-likeness (QED) is 0.723. The minimum Gasteiger partial charge on any atom is -0.506 e. The van der Waals surface area contributed by atoms with Crippen LogP contribution in [0.15, 0.2) is 36.5 Å². The molecule has 0 bridgehead atoms. The first-order valence-corrected chi connectivity index (χ1v) is 10.1. The maximum absolute atomic E-state index is 10.6. The number of anilines is 1. The van der Waals surface area contributed by atoms with Gasteiger partial charge in [0, 0.05) is 29.6 Å². The Balaban J connectivity index is 1.53. The van der Waals surface area contributed by atoms with Gasteiger partial charge in [-0.05, 0) is 56.8 Å². The number of piperidine rings is 1. The van der Waals surface area contributed by atoms with Gasteiger partial charge in [0.15, 0.2) is 5.82 Å². The first-order valence-electron chi connectivity index (χ1n) is 10.1. The van der Waals surface area contributed by atoms with E-state index in [0.717, 1.165) is 41.7 Å². The lowest BCUT2D eigenvalue weighted by atomic mass is 10.0. The largest absolute Gasteiger partial charge is 0.506 e. The second-order valence-corrected chi connectivity index (χ2v) is 8.10. The number of hydrogen-bond donors (Lipinski definition) is 2. The highest BCUT2D eigenvalue weighted by Gasteiger charge is 2.26. The molecule has 1 atom stereocenters. The summed E-state index contributed by atoms with van der Waals surface area (Å²) in [6.45, 7) is 2.15. The van der Waals surface area contributed by atoms with Crippen LogP contribution in [0.2, 0.25) is 0 Å². The Labute approximate surface area is 164 Å². The molecule has 6 heteroatoms. The summed E-state index contributed by atoms with van der Waals surface area (Å²) in [5.74, 6) is 1.53. The van der Waals surface area contributed by atoms with Crippen molar-refractivity contribution in [1.29, 1.82) is 0 Å². The third kappa shape index (κ3) is 3.29. The number of nitrogens with zero attached hydrogens (tertiary/aromatic N) is 4. The van der Waals surface area contributed by atoms with Crippen molar-refractivity contribution in [3.8, 4) is 17.1 Å². The molecule has 5 rings (SSSR count). The molecule has 1 aliphatic heterocycles. The third-order valence-electron chi connectivity index (χ3n) is 5.81. The van der Waals surface area contributed by atoms with Crippen molar-refractivity contribution in [2.45, 2.75) is 37.6 Å². The zero-order valence-corrected chi connectivity index (χ0v) is 16.1. The monoisotopic (exact) mass is 375 g/mol. The molecule has 0 amide bonds. The van der Waals surface area contributed by atoms with E-state index in [9.17, 15) is 5.11 Å². The van der Waals surface area contributed by atoms with Crippen LogP contribution in [0.5, 0.6) is 5.75 Å². The average molecular weight is 375 g/mol. The molecular weight excluding hydrogens is 350 g/mol. The molecule has 144 valence electrons.